The fraction of sp³-hybridized carbons (Fsp3) is 0.250. The maximum Gasteiger partial charge on any atom is 0.234 e. The van der Waals surface area contributed by atoms with E-state index in [4.69, 9.17) is 27.9 Å². The Morgan fingerprint density at radius 1 is 1.21 bits per heavy atom. The summed E-state index contributed by atoms with van der Waals surface area (Å²) in [6.45, 7) is 3.91. The second-order valence-electron chi connectivity index (χ2n) is 6.42. The van der Waals surface area contributed by atoms with E-state index in [-0.39, 0.29) is 17.8 Å². The first-order valence-electron chi connectivity index (χ1n) is 8.84. The molecule has 0 bridgehead atoms. The molecule has 3 rings (SSSR count). The summed E-state index contributed by atoms with van der Waals surface area (Å²) in [4.78, 5) is 12.2. The average Bonchev–Trinajstić information content (AvgIpc) is 3.01. The van der Waals surface area contributed by atoms with Crippen LogP contribution < -0.4 is 10.1 Å². The minimum atomic E-state index is -0.287. The number of thioether (sulfide) groups is 1. The first kappa shape index (κ1) is 21.5. The van der Waals surface area contributed by atoms with E-state index in [0.717, 1.165) is 11.3 Å². The van der Waals surface area contributed by atoms with E-state index in [9.17, 15) is 4.79 Å². The Kier molecular flexibility index (Phi) is 7.05. The quantitative estimate of drug-likeness (QED) is 0.494. The summed E-state index contributed by atoms with van der Waals surface area (Å²) in [5.74, 6) is 1.46. The number of hydrogen-bond acceptors (Lipinski definition) is 5. The number of nitrogens with zero attached hydrogens (tertiary/aromatic N) is 3. The molecular formula is C20H20Cl2N4O2S. The standard InChI is InChI=1S/C20H20Cl2N4O2S/c1-12-6-4-5-7-17(12)28-13(2)19-24-25-20(26(19)3)29-11-18(27)23-16-9-14(21)8-15(22)10-16/h4-10,13H,11H2,1-3H3,(H,23,27). The number of amides is 1. The number of carbonyl (C=O) groups excluding carboxylic acids is 1. The van der Waals surface area contributed by atoms with Gasteiger partial charge in [0.05, 0.1) is 5.75 Å². The van der Waals surface area contributed by atoms with Gasteiger partial charge in [0, 0.05) is 22.8 Å². The topological polar surface area (TPSA) is 69.0 Å². The molecule has 29 heavy (non-hydrogen) atoms. The molecule has 1 aromatic heterocycles. The first-order chi connectivity index (χ1) is 13.8. The molecule has 0 aliphatic carbocycles. The molecule has 0 saturated carbocycles. The third kappa shape index (κ3) is 5.65. The van der Waals surface area contributed by atoms with Crippen molar-refractivity contribution in [3.05, 3.63) is 63.9 Å². The van der Waals surface area contributed by atoms with Crippen LogP contribution in [-0.2, 0) is 11.8 Å². The molecule has 1 atom stereocenters. The van der Waals surface area contributed by atoms with E-state index in [1.165, 1.54) is 11.8 Å². The van der Waals surface area contributed by atoms with Crippen molar-refractivity contribution in [3.8, 4) is 5.75 Å². The molecule has 0 fully saturated rings. The van der Waals surface area contributed by atoms with Crippen LogP contribution in [0.2, 0.25) is 10.0 Å². The normalized spacial score (nSPS) is 11.9. The molecule has 0 aliphatic rings. The summed E-state index contributed by atoms with van der Waals surface area (Å²) >= 11 is 13.2. The number of benzene rings is 2. The Bertz CT molecular complexity index is 1010. The van der Waals surface area contributed by atoms with Crippen LogP contribution in [0.25, 0.3) is 0 Å². The van der Waals surface area contributed by atoms with Crippen molar-refractivity contribution in [3.63, 3.8) is 0 Å². The number of carbonyl (C=O) groups is 1. The van der Waals surface area contributed by atoms with Gasteiger partial charge in [-0.15, -0.1) is 10.2 Å². The zero-order valence-corrected chi connectivity index (χ0v) is 18.5. The van der Waals surface area contributed by atoms with Crippen LogP contribution in [0.5, 0.6) is 5.75 Å². The molecule has 1 N–H and O–H groups in total. The van der Waals surface area contributed by atoms with Gasteiger partial charge >= 0.3 is 0 Å². The lowest BCUT2D eigenvalue weighted by Gasteiger charge is -2.15. The summed E-state index contributed by atoms with van der Waals surface area (Å²) in [7, 11) is 1.85. The van der Waals surface area contributed by atoms with Gasteiger partial charge in [-0.3, -0.25) is 4.79 Å². The highest BCUT2D eigenvalue weighted by atomic mass is 35.5. The molecular weight excluding hydrogens is 431 g/mol. The van der Waals surface area contributed by atoms with E-state index >= 15 is 0 Å². The molecule has 1 heterocycles. The van der Waals surface area contributed by atoms with Crippen molar-refractivity contribution in [2.24, 2.45) is 7.05 Å². The van der Waals surface area contributed by atoms with Gasteiger partial charge < -0.3 is 14.6 Å². The molecule has 0 saturated heterocycles. The van der Waals surface area contributed by atoms with Crippen LogP contribution in [0.3, 0.4) is 0 Å². The van der Waals surface area contributed by atoms with Crippen molar-refractivity contribution in [2.45, 2.75) is 25.1 Å². The second kappa shape index (κ2) is 9.52. The zero-order valence-electron chi connectivity index (χ0n) is 16.1. The number of ether oxygens (including phenoxy) is 1. The fourth-order valence-electron chi connectivity index (χ4n) is 2.69. The van der Waals surface area contributed by atoms with Crippen molar-refractivity contribution < 1.29 is 9.53 Å². The van der Waals surface area contributed by atoms with Gasteiger partial charge in [0.15, 0.2) is 17.1 Å². The highest BCUT2D eigenvalue weighted by Gasteiger charge is 2.18. The second-order valence-corrected chi connectivity index (χ2v) is 8.24. The summed E-state index contributed by atoms with van der Waals surface area (Å²) < 4.78 is 7.85. The third-order valence-electron chi connectivity index (χ3n) is 4.11. The predicted octanol–water partition coefficient (Wildman–Crippen LogP) is 5.30. The number of rotatable bonds is 7. The summed E-state index contributed by atoms with van der Waals surface area (Å²) in [6, 6.07) is 12.7. The van der Waals surface area contributed by atoms with E-state index in [2.05, 4.69) is 15.5 Å². The van der Waals surface area contributed by atoms with Crippen LogP contribution >= 0.6 is 35.0 Å². The van der Waals surface area contributed by atoms with E-state index < -0.39 is 0 Å². The SMILES string of the molecule is Cc1ccccc1OC(C)c1nnc(SCC(=O)Nc2cc(Cl)cc(Cl)c2)n1C. The average molecular weight is 451 g/mol. The molecule has 0 aliphatic heterocycles. The summed E-state index contributed by atoms with van der Waals surface area (Å²) in [5, 5.41) is 12.7. The molecule has 6 nitrogen and oxygen atoms in total. The number of halogens is 2. The molecule has 3 aromatic rings. The first-order valence-corrected chi connectivity index (χ1v) is 10.6. The molecule has 9 heteroatoms. The molecule has 2 aromatic carbocycles. The number of aromatic nitrogens is 3. The lowest BCUT2D eigenvalue weighted by Crippen LogP contribution is -2.15. The Labute approximate surface area is 183 Å². The minimum absolute atomic E-state index is 0.170. The van der Waals surface area contributed by atoms with Crippen molar-refractivity contribution in [1.29, 1.82) is 0 Å². The van der Waals surface area contributed by atoms with E-state index in [1.807, 2.05) is 49.7 Å². The lowest BCUT2D eigenvalue weighted by atomic mass is 10.2. The highest BCUT2D eigenvalue weighted by molar-refractivity contribution is 7.99. The Hall–Kier alpha value is -2.22. The Morgan fingerprint density at radius 3 is 2.59 bits per heavy atom. The van der Waals surface area contributed by atoms with Gasteiger partial charge in [-0.05, 0) is 43.7 Å². The van der Waals surface area contributed by atoms with Gasteiger partial charge in [0.2, 0.25) is 5.91 Å². The third-order valence-corrected chi connectivity index (χ3v) is 5.56. The number of hydrogen-bond donors (Lipinski definition) is 1. The van der Waals surface area contributed by atoms with E-state index in [1.54, 1.807) is 18.2 Å². The summed E-state index contributed by atoms with van der Waals surface area (Å²) in [6.07, 6.45) is -0.287. The van der Waals surface area contributed by atoms with Crippen molar-refractivity contribution in [2.75, 3.05) is 11.1 Å². The smallest absolute Gasteiger partial charge is 0.234 e. The van der Waals surface area contributed by atoms with Crippen molar-refractivity contribution >= 4 is 46.6 Å². The fourth-order valence-corrected chi connectivity index (χ4v) is 3.93. The molecule has 1 unspecified atom stereocenters. The van der Waals surface area contributed by atoms with Gasteiger partial charge in [-0.1, -0.05) is 53.2 Å². The van der Waals surface area contributed by atoms with Gasteiger partial charge in [-0.25, -0.2) is 0 Å². The van der Waals surface area contributed by atoms with Crippen molar-refractivity contribution in [1.82, 2.24) is 14.8 Å². The van der Waals surface area contributed by atoms with Crippen LogP contribution in [0.15, 0.2) is 47.6 Å². The largest absolute Gasteiger partial charge is 0.482 e. The Balaban J connectivity index is 1.60. The van der Waals surface area contributed by atoms with Crippen LogP contribution in [0, 0.1) is 6.92 Å². The molecule has 152 valence electrons. The number of anilines is 1. The number of nitrogens with one attached hydrogen (secondary N) is 1. The molecule has 0 spiro atoms. The maximum atomic E-state index is 12.2. The van der Waals surface area contributed by atoms with Crippen LogP contribution in [-0.4, -0.2) is 26.4 Å². The van der Waals surface area contributed by atoms with Crippen LogP contribution in [0.4, 0.5) is 5.69 Å². The lowest BCUT2D eigenvalue weighted by molar-refractivity contribution is -0.113. The molecule has 0 radical (unpaired) electrons. The van der Waals surface area contributed by atoms with Gasteiger partial charge in [-0.2, -0.15) is 0 Å². The monoisotopic (exact) mass is 450 g/mol. The zero-order chi connectivity index (χ0) is 21.0. The van der Waals surface area contributed by atoms with Gasteiger partial charge in [0.25, 0.3) is 0 Å². The molecule has 1 amide bonds. The van der Waals surface area contributed by atoms with Crippen LogP contribution in [0.1, 0.15) is 24.4 Å². The number of aryl methyl sites for hydroxylation is 1. The minimum Gasteiger partial charge on any atom is -0.482 e. The number of para-hydroxylation sites is 1. The predicted molar refractivity (Wildman–Crippen MR) is 117 cm³/mol. The van der Waals surface area contributed by atoms with Gasteiger partial charge in [0.1, 0.15) is 5.75 Å². The maximum absolute atomic E-state index is 12.2. The Morgan fingerprint density at radius 2 is 1.90 bits per heavy atom. The van der Waals surface area contributed by atoms with E-state index in [0.29, 0.717) is 26.7 Å². The highest BCUT2D eigenvalue weighted by Crippen LogP contribution is 2.26. The summed E-state index contributed by atoms with van der Waals surface area (Å²) in [5.41, 5.74) is 1.60.